The highest BCUT2D eigenvalue weighted by molar-refractivity contribution is 6.18. The number of nitrogens with one attached hydrogen (secondary N) is 1. The molecule has 4 heteroatoms. The minimum Gasteiger partial charge on any atom is -0.280 e. The van der Waals surface area contributed by atoms with Crippen LogP contribution in [0.5, 0.6) is 0 Å². The first kappa shape index (κ1) is 13.3. The molecule has 1 aliphatic rings. The average molecular weight is 308 g/mol. The molecule has 108 valence electrons. The van der Waals surface area contributed by atoms with Crippen molar-refractivity contribution in [2.45, 2.75) is 12.4 Å². The molecule has 2 aromatic carbocycles. The molecule has 4 rings (SSSR count). The number of hydrogen-bond acceptors (Lipinski definition) is 2. The van der Waals surface area contributed by atoms with Crippen molar-refractivity contribution in [3.8, 4) is 11.1 Å². The highest BCUT2D eigenvalue weighted by atomic mass is 35.5. The van der Waals surface area contributed by atoms with Gasteiger partial charge in [0, 0.05) is 22.6 Å². The Bertz CT molecular complexity index is 850. The van der Waals surface area contributed by atoms with Crippen LogP contribution in [-0.2, 0) is 12.4 Å². The Morgan fingerprint density at radius 3 is 2.68 bits per heavy atom. The fourth-order valence-corrected chi connectivity index (χ4v) is 3.02. The molecular formula is C18H14ClN3. The lowest BCUT2D eigenvalue weighted by molar-refractivity contribution is 0.951. The van der Waals surface area contributed by atoms with Crippen LogP contribution in [0.4, 0.5) is 0 Å². The summed E-state index contributed by atoms with van der Waals surface area (Å²) in [6.45, 7) is 0.602. The second-order valence-corrected chi connectivity index (χ2v) is 5.57. The number of aromatic nitrogens is 2. The van der Waals surface area contributed by atoms with Gasteiger partial charge in [0.05, 0.1) is 24.1 Å². The summed E-state index contributed by atoms with van der Waals surface area (Å²) in [6.07, 6.45) is 1.87. The van der Waals surface area contributed by atoms with Gasteiger partial charge in [-0.05, 0) is 17.2 Å². The first-order chi connectivity index (χ1) is 10.9. The first-order valence-electron chi connectivity index (χ1n) is 7.18. The van der Waals surface area contributed by atoms with Crippen LogP contribution in [0.1, 0.15) is 22.4 Å². The van der Waals surface area contributed by atoms with E-state index in [-0.39, 0.29) is 0 Å². The second-order valence-electron chi connectivity index (χ2n) is 5.31. The van der Waals surface area contributed by atoms with E-state index >= 15 is 0 Å². The summed E-state index contributed by atoms with van der Waals surface area (Å²) >= 11 is 6.02. The topological polar surface area (TPSA) is 41.0 Å². The summed E-state index contributed by atoms with van der Waals surface area (Å²) in [6, 6.07) is 16.6. The number of aromatic amines is 1. The number of halogens is 1. The van der Waals surface area contributed by atoms with E-state index in [4.69, 9.17) is 16.6 Å². The van der Waals surface area contributed by atoms with Crippen molar-refractivity contribution in [3.05, 3.63) is 77.1 Å². The van der Waals surface area contributed by atoms with Gasteiger partial charge in [0.25, 0.3) is 0 Å². The standard InChI is InChI=1S/C18H14ClN3/c19-9-12-6-7-14-15(8-12)18(13-4-2-1-3-5-13)20-11-17-16(14)10-21-22-17/h1-8,10H,9,11H2,(H,21,22). The summed E-state index contributed by atoms with van der Waals surface area (Å²) in [7, 11) is 0. The van der Waals surface area contributed by atoms with Crippen LogP contribution in [0.15, 0.2) is 59.7 Å². The predicted octanol–water partition coefficient (Wildman–Crippen LogP) is 4.17. The maximum atomic E-state index is 6.02. The molecule has 1 aromatic heterocycles. The van der Waals surface area contributed by atoms with Gasteiger partial charge in [-0.2, -0.15) is 5.10 Å². The molecule has 1 N–H and O–H groups in total. The van der Waals surface area contributed by atoms with Crippen molar-refractivity contribution in [1.29, 1.82) is 0 Å². The highest BCUT2D eigenvalue weighted by Crippen LogP contribution is 2.32. The maximum absolute atomic E-state index is 6.02. The van der Waals surface area contributed by atoms with Crippen LogP contribution >= 0.6 is 11.6 Å². The number of aliphatic imine (C=N–C) groups is 1. The van der Waals surface area contributed by atoms with E-state index in [9.17, 15) is 0 Å². The normalized spacial score (nSPS) is 13.0. The van der Waals surface area contributed by atoms with E-state index in [1.54, 1.807) is 0 Å². The molecule has 22 heavy (non-hydrogen) atoms. The van der Waals surface area contributed by atoms with E-state index in [0.717, 1.165) is 39.2 Å². The predicted molar refractivity (Wildman–Crippen MR) is 89.4 cm³/mol. The molecule has 0 spiro atoms. The van der Waals surface area contributed by atoms with Gasteiger partial charge in [0.15, 0.2) is 0 Å². The van der Waals surface area contributed by atoms with E-state index < -0.39 is 0 Å². The van der Waals surface area contributed by atoms with Crippen LogP contribution in [0.25, 0.3) is 11.1 Å². The molecule has 3 nitrogen and oxygen atoms in total. The fraction of sp³-hybridized carbons (Fsp3) is 0.111. The van der Waals surface area contributed by atoms with E-state index in [0.29, 0.717) is 12.4 Å². The zero-order valence-electron chi connectivity index (χ0n) is 11.9. The SMILES string of the molecule is ClCc1ccc2c(c1)C(c1ccccc1)=NCc1[nH]ncc1-2. The van der Waals surface area contributed by atoms with Crippen LogP contribution < -0.4 is 0 Å². The summed E-state index contributed by atoms with van der Waals surface area (Å²) < 4.78 is 0. The fourth-order valence-electron chi connectivity index (χ4n) is 2.86. The lowest BCUT2D eigenvalue weighted by Gasteiger charge is -2.11. The van der Waals surface area contributed by atoms with Crippen molar-refractivity contribution in [1.82, 2.24) is 10.2 Å². The average Bonchev–Trinajstić information content (AvgIpc) is 2.98. The largest absolute Gasteiger partial charge is 0.280 e. The third-order valence-corrected chi connectivity index (χ3v) is 4.25. The lowest BCUT2D eigenvalue weighted by atomic mass is 9.93. The molecule has 0 saturated carbocycles. The van der Waals surface area contributed by atoms with E-state index in [1.165, 1.54) is 0 Å². The van der Waals surface area contributed by atoms with Crippen LogP contribution in [0.3, 0.4) is 0 Å². The zero-order chi connectivity index (χ0) is 14.9. The van der Waals surface area contributed by atoms with Gasteiger partial charge >= 0.3 is 0 Å². The van der Waals surface area contributed by atoms with Crippen LogP contribution in [0.2, 0.25) is 0 Å². The third kappa shape index (κ3) is 2.14. The van der Waals surface area contributed by atoms with Gasteiger partial charge in [-0.25, -0.2) is 0 Å². The molecule has 0 saturated heterocycles. The number of fused-ring (bicyclic) bond motifs is 3. The number of benzene rings is 2. The molecule has 3 aromatic rings. The summed E-state index contributed by atoms with van der Waals surface area (Å²) in [5.74, 6) is 0.494. The highest BCUT2D eigenvalue weighted by Gasteiger charge is 2.20. The zero-order valence-corrected chi connectivity index (χ0v) is 12.6. The molecule has 1 aliphatic heterocycles. The van der Waals surface area contributed by atoms with Crippen molar-refractivity contribution in [3.63, 3.8) is 0 Å². The minimum atomic E-state index is 0.494. The van der Waals surface area contributed by atoms with Gasteiger partial charge in [-0.3, -0.25) is 10.1 Å². The third-order valence-electron chi connectivity index (χ3n) is 3.94. The second kappa shape index (κ2) is 5.43. The van der Waals surface area contributed by atoms with Crippen molar-refractivity contribution in [2.24, 2.45) is 4.99 Å². The monoisotopic (exact) mass is 307 g/mol. The lowest BCUT2D eigenvalue weighted by Crippen LogP contribution is -2.05. The van der Waals surface area contributed by atoms with Gasteiger partial charge in [-0.1, -0.05) is 42.5 Å². The molecular weight excluding hydrogens is 294 g/mol. The Labute approximate surface area is 133 Å². The maximum Gasteiger partial charge on any atom is 0.0820 e. The van der Waals surface area contributed by atoms with Crippen molar-refractivity contribution in [2.75, 3.05) is 0 Å². The van der Waals surface area contributed by atoms with Crippen LogP contribution in [-0.4, -0.2) is 15.9 Å². The molecule has 0 bridgehead atoms. The molecule has 2 heterocycles. The molecule has 0 unspecified atom stereocenters. The minimum absolute atomic E-state index is 0.494. The van der Waals surface area contributed by atoms with Gasteiger partial charge in [0.1, 0.15) is 0 Å². The molecule has 0 radical (unpaired) electrons. The van der Waals surface area contributed by atoms with Crippen molar-refractivity contribution < 1.29 is 0 Å². The van der Waals surface area contributed by atoms with E-state index in [2.05, 4.69) is 40.5 Å². The number of hydrogen-bond donors (Lipinski definition) is 1. The summed E-state index contributed by atoms with van der Waals surface area (Å²) in [5.41, 5.74) is 7.65. The number of alkyl halides is 1. The van der Waals surface area contributed by atoms with Gasteiger partial charge < -0.3 is 0 Å². The summed E-state index contributed by atoms with van der Waals surface area (Å²) in [5, 5.41) is 7.22. The van der Waals surface area contributed by atoms with E-state index in [1.807, 2.05) is 24.4 Å². The molecule has 0 atom stereocenters. The van der Waals surface area contributed by atoms with Crippen LogP contribution in [0, 0.1) is 0 Å². The Balaban J connectivity index is 1.98. The molecule has 0 aliphatic carbocycles. The Morgan fingerprint density at radius 1 is 1.00 bits per heavy atom. The molecule has 0 fully saturated rings. The Hall–Kier alpha value is -2.39. The van der Waals surface area contributed by atoms with Gasteiger partial charge in [0.2, 0.25) is 0 Å². The quantitative estimate of drug-likeness (QED) is 0.709. The number of rotatable bonds is 2. The van der Waals surface area contributed by atoms with Crippen molar-refractivity contribution >= 4 is 17.3 Å². The van der Waals surface area contributed by atoms with Gasteiger partial charge in [-0.15, -0.1) is 11.6 Å². The molecule has 0 amide bonds. The Kier molecular flexibility index (Phi) is 3.28. The first-order valence-corrected chi connectivity index (χ1v) is 7.72. The number of nitrogens with zero attached hydrogens (tertiary/aromatic N) is 2. The summed E-state index contributed by atoms with van der Waals surface area (Å²) in [4.78, 5) is 4.83. The number of H-pyrrole nitrogens is 1. The Morgan fingerprint density at radius 2 is 1.86 bits per heavy atom. The smallest absolute Gasteiger partial charge is 0.0820 e.